The van der Waals surface area contributed by atoms with Gasteiger partial charge in [0.1, 0.15) is 11.9 Å². The van der Waals surface area contributed by atoms with E-state index in [4.69, 9.17) is 5.41 Å². The van der Waals surface area contributed by atoms with Crippen molar-refractivity contribution in [1.82, 2.24) is 0 Å². The van der Waals surface area contributed by atoms with E-state index in [2.05, 4.69) is 30.0 Å². The number of benzene rings is 2. The van der Waals surface area contributed by atoms with Crippen LogP contribution in [0.5, 0.6) is 0 Å². The van der Waals surface area contributed by atoms with Gasteiger partial charge in [-0.25, -0.2) is 0 Å². The fourth-order valence-corrected chi connectivity index (χ4v) is 4.66. The van der Waals surface area contributed by atoms with E-state index in [0.717, 1.165) is 17.8 Å². The van der Waals surface area contributed by atoms with Crippen molar-refractivity contribution < 1.29 is 4.79 Å². The first-order chi connectivity index (χ1) is 11.9. The van der Waals surface area contributed by atoms with Crippen LogP contribution < -0.4 is 9.80 Å². The number of fused-ring (bicyclic) bond motifs is 2. The first-order valence-electron chi connectivity index (χ1n) is 8.75. The number of amidine groups is 1. The summed E-state index contributed by atoms with van der Waals surface area (Å²) in [6, 6.07) is 17.6. The number of hydrogen-bond acceptors (Lipinski definition) is 3. The van der Waals surface area contributed by atoms with Crippen molar-refractivity contribution in [3.8, 4) is 0 Å². The summed E-state index contributed by atoms with van der Waals surface area (Å²) < 4.78 is 0. The van der Waals surface area contributed by atoms with Crippen molar-refractivity contribution in [2.45, 2.75) is 32.2 Å². The van der Waals surface area contributed by atoms with Crippen molar-refractivity contribution in [3.05, 3.63) is 60.2 Å². The quantitative estimate of drug-likeness (QED) is 0.856. The highest BCUT2D eigenvalue weighted by Crippen LogP contribution is 2.49. The van der Waals surface area contributed by atoms with Gasteiger partial charge in [0.15, 0.2) is 0 Å². The second-order valence-electron chi connectivity index (χ2n) is 7.46. The predicted molar refractivity (Wildman–Crippen MR) is 101 cm³/mol. The maximum Gasteiger partial charge on any atom is 0.241 e. The van der Waals surface area contributed by atoms with E-state index in [-0.39, 0.29) is 17.9 Å². The maximum atomic E-state index is 13.4. The molecule has 0 aromatic heterocycles. The van der Waals surface area contributed by atoms with Gasteiger partial charge in [0.2, 0.25) is 5.91 Å². The molecule has 0 spiro atoms. The van der Waals surface area contributed by atoms with E-state index < -0.39 is 5.41 Å². The smallest absolute Gasteiger partial charge is 0.241 e. The SMILES string of the molecule is CC1C[C@]2(C)C(=O)N(c3ccccc3)C(=N)[C@@H]2N(C)c2ccccc21. The van der Waals surface area contributed by atoms with E-state index in [1.165, 1.54) is 5.56 Å². The third-order valence-corrected chi connectivity index (χ3v) is 5.77. The van der Waals surface area contributed by atoms with Crippen LogP contribution in [-0.2, 0) is 4.79 Å². The Morgan fingerprint density at radius 1 is 1.08 bits per heavy atom. The normalized spacial score (nSPS) is 28.6. The molecule has 1 N–H and O–H groups in total. The second-order valence-corrected chi connectivity index (χ2v) is 7.46. The summed E-state index contributed by atoms with van der Waals surface area (Å²) in [5.74, 6) is 0.659. The van der Waals surface area contributed by atoms with Gasteiger partial charge in [-0.3, -0.25) is 15.1 Å². The van der Waals surface area contributed by atoms with Gasteiger partial charge in [0.25, 0.3) is 0 Å². The molecule has 25 heavy (non-hydrogen) atoms. The average Bonchev–Trinajstić information content (AvgIpc) is 2.75. The first kappa shape index (κ1) is 15.9. The van der Waals surface area contributed by atoms with E-state index >= 15 is 0 Å². The van der Waals surface area contributed by atoms with Crippen LogP contribution in [0, 0.1) is 10.8 Å². The third-order valence-electron chi connectivity index (χ3n) is 5.77. The molecule has 2 aliphatic heterocycles. The van der Waals surface area contributed by atoms with E-state index in [0.29, 0.717) is 5.84 Å². The van der Waals surface area contributed by atoms with Gasteiger partial charge in [0, 0.05) is 12.7 Å². The molecule has 1 unspecified atom stereocenters. The molecule has 3 atom stereocenters. The second kappa shape index (κ2) is 5.45. The molecule has 1 fully saturated rings. The highest BCUT2D eigenvalue weighted by Gasteiger charge is 2.58. The molecule has 2 aromatic rings. The molecule has 2 heterocycles. The molecule has 0 bridgehead atoms. The number of nitrogens with one attached hydrogen (secondary N) is 1. The van der Waals surface area contributed by atoms with Gasteiger partial charge in [-0.1, -0.05) is 43.3 Å². The number of carbonyl (C=O) groups excluding carboxylic acids is 1. The van der Waals surface area contributed by atoms with Crippen molar-refractivity contribution in [1.29, 1.82) is 5.41 Å². The van der Waals surface area contributed by atoms with Crippen molar-refractivity contribution >= 4 is 23.1 Å². The molecule has 0 radical (unpaired) electrons. The Kier molecular flexibility index (Phi) is 3.46. The number of para-hydroxylation sites is 2. The summed E-state index contributed by atoms with van der Waals surface area (Å²) in [5.41, 5.74) is 2.55. The standard InChI is InChI=1S/C21H23N3O/c1-14-13-21(2)18(23(3)17-12-8-7-11-16(14)17)19(22)24(20(21)25)15-9-5-4-6-10-15/h4-12,14,18,22H,13H2,1-3H3/t14?,18-,21-/m0/s1. The van der Waals surface area contributed by atoms with Crippen LogP contribution in [0.15, 0.2) is 54.6 Å². The lowest BCUT2D eigenvalue weighted by Crippen LogP contribution is -2.46. The zero-order chi connectivity index (χ0) is 17.8. The Balaban J connectivity index is 1.86. The van der Waals surface area contributed by atoms with Crippen LogP contribution in [0.3, 0.4) is 0 Å². The summed E-state index contributed by atoms with van der Waals surface area (Å²) in [6.07, 6.45) is 0.740. The van der Waals surface area contributed by atoms with Crippen LogP contribution in [0.2, 0.25) is 0 Å². The fraction of sp³-hybridized carbons (Fsp3) is 0.333. The molecular formula is C21H23N3O. The number of nitrogens with zero attached hydrogens (tertiary/aromatic N) is 2. The molecule has 2 aromatic carbocycles. The van der Waals surface area contributed by atoms with Crippen LogP contribution in [-0.4, -0.2) is 24.8 Å². The number of likely N-dealkylation sites (N-methyl/N-ethyl adjacent to an activating group) is 1. The maximum absolute atomic E-state index is 13.4. The molecular weight excluding hydrogens is 310 g/mol. The van der Waals surface area contributed by atoms with Gasteiger partial charge >= 0.3 is 0 Å². The van der Waals surface area contributed by atoms with Gasteiger partial charge < -0.3 is 4.90 Å². The van der Waals surface area contributed by atoms with Gasteiger partial charge in [-0.2, -0.15) is 0 Å². The summed E-state index contributed by atoms with van der Waals surface area (Å²) in [6.45, 7) is 4.21. The van der Waals surface area contributed by atoms with Gasteiger partial charge in [0.05, 0.1) is 11.1 Å². The van der Waals surface area contributed by atoms with Crippen molar-refractivity contribution in [2.24, 2.45) is 5.41 Å². The lowest BCUT2D eigenvalue weighted by Gasteiger charge is -2.33. The van der Waals surface area contributed by atoms with Gasteiger partial charge in [-0.15, -0.1) is 0 Å². The zero-order valence-electron chi connectivity index (χ0n) is 14.9. The van der Waals surface area contributed by atoms with Crippen LogP contribution in [0.4, 0.5) is 11.4 Å². The third kappa shape index (κ3) is 2.13. The summed E-state index contributed by atoms with van der Waals surface area (Å²) in [5, 5.41) is 8.82. The Hall–Kier alpha value is -2.62. The Morgan fingerprint density at radius 3 is 2.44 bits per heavy atom. The molecule has 4 heteroatoms. The van der Waals surface area contributed by atoms with E-state index in [1.54, 1.807) is 4.90 Å². The monoisotopic (exact) mass is 333 g/mol. The Morgan fingerprint density at radius 2 is 1.72 bits per heavy atom. The Labute approximate surface area is 148 Å². The largest absolute Gasteiger partial charge is 0.363 e. The lowest BCUT2D eigenvalue weighted by atomic mass is 9.76. The van der Waals surface area contributed by atoms with Crippen LogP contribution in [0.1, 0.15) is 31.7 Å². The fourth-order valence-electron chi connectivity index (χ4n) is 4.66. The molecule has 0 saturated carbocycles. The number of rotatable bonds is 1. The highest BCUT2D eigenvalue weighted by atomic mass is 16.2. The Bertz CT molecular complexity index is 847. The summed E-state index contributed by atoms with van der Waals surface area (Å²) in [7, 11) is 2.01. The molecule has 0 aliphatic carbocycles. The molecule has 1 amide bonds. The minimum Gasteiger partial charge on any atom is -0.363 e. The summed E-state index contributed by atoms with van der Waals surface area (Å²) >= 11 is 0. The van der Waals surface area contributed by atoms with E-state index in [1.807, 2.05) is 50.4 Å². The molecule has 128 valence electrons. The first-order valence-corrected chi connectivity index (χ1v) is 8.75. The average molecular weight is 333 g/mol. The molecule has 2 aliphatic rings. The zero-order valence-corrected chi connectivity index (χ0v) is 14.9. The molecule has 4 nitrogen and oxygen atoms in total. The van der Waals surface area contributed by atoms with Crippen molar-refractivity contribution in [3.63, 3.8) is 0 Å². The van der Waals surface area contributed by atoms with Crippen LogP contribution in [0.25, 0.3) is 0 Å². The van der Waals surface area contributed by atoms with Gasteiger partial charge in [-0.05, 0) is 43.0 Å². The number of carbonyl (C=O) groups is 1. The number of anilines is 2. The number of hydrogen-bond donors (Lipinski definition) is 1. The lowest BCUT2D eigenvalue weighted by molar-refractivity contribution is -0.125. The predicted octanol–water partition coefficient (Wildman–Crippen LogP) is 4.03. The molecule has 4 rings (SSSR count). The topological polar surface area (TPSA) is 47.4 Å². The van der Waals surface area contributed by atoms with Crippen LogP contribution >= 0.6 is 0 Å². The molecule has 1 saturated heterocycles. The highest BCUT2D eigenvalue weighted by molar-refractivity contribution is 6.27. The van der Waals surface area contributed by atoms with E-state index in [9.17, 15) is 4.79 Å². The number of amides is 1. The minimum absolute atomic E-state index is 0.0280. The van der Waals surface area contributed by atoms with Crippen molar-refractivity contribution in [2.75, 3.05) is 16.8 Å². The summed E-state index contributed by atoms with van der Waals surface area (Å²) in [4.78, 5) is 17.2. The minimum atomic E-state index is -0.611.